The number of hydrogen-bond donors (Lipinski definition) is 3. The number of carboxylic acids is 2. The SMILES string of the molecule is Nc1nc2n(c1C(=O)O)CC(C(=O)O)CC2. The van der Waals surface area contributed by atoms with Crippen molar-refractivity contribution in [3.8, 4) is 0 Å². The van der Waals surface area contributed by atoms with Crippen LogP contribution >= 0.6 is 0 Å². The molecule has 1 aromatic heterocycles. The number of anilines is 1. The maximum absolute atomic E-state index is 10.9. The molecule has 0 radical (unpaired) electrons. The second-order valence-corrected chi connectivity index (χ2v) is 3.75. The van der Waals surface area contributed by atoms with Crippen LogP contribution in [0.1, 0.15) is 22.7 Å². The molecule has 0 saturated heterocycles. The van der Waals surface area contributed by atoms with Gasteiger partial charge in [-0.1, -0.05) is 0 Å². The third kappa shape index (κ3) is 1.50. The monoisotopic (exact) mass is 225 g/mol. The first-order valence-electron chi connectivity index (χ1n) is 4.81. The summed E-state index contributed by atoms with van der Waals surface area (Å²) in [7, 11) is 0. The van der Waals surface area contributed by atoms with Crippen LogP contribution in [-0.2, 0) is 17.8 Å². The molecule has 2 rings (SSSR count). The lowest BCUT2D eigenvalue weighted by atomic mass is 10.00. The minimum absolute atomic E-state index is 0.0476. The second-order valence-electron chi connectivity index (χ2n) is 3.75. The quantitative estimate of drug-likeness (QED) is 0.641. The molecule has 4 N–H and O–H groups in total. The van der Waals surface area contributed by atoms with Crippen LogP contribution in [0.3, 0.4) is 0 Å². The number of nitrogens with two attached hydrogens (primary N) is 1. The van der Waals surface area contributed by atoms with Crippen LogP contribution in [0, 0.1) is 5.92 Å². The van der Waals surface area contributed by atoms with Gasteiger partial charge >= 0.3 is 11.9 Å². The molecule has 0 aliphatic carbocycles. The Labute approximate surface area is 90.5 Å². The normalized spacial score (nSPS) is 19.1. The summed E-state index contributed by atoms with van der Waals surface area (Å²) in [6, 6.07) is 0. The number of nitrogen functional groups attached to an aromatic ring is 1. The number of hydrogen-bond acceptors (Lipinski definition) is 4. The molecule has 7 nitrogen and oxygen atoms in total. The zero-order chi connectivity index (χ0) is 11.9. The van der Waals surface area contributed by atoms with Gasteiger partial charge in [0.15, 0.2) is 11.5 Å². The predicted octanol–water partition coefficient (Wildman–Crippen LogP) is -0.190. The van der Waals surface area contributed by atoms with Crippen LogP contribution in [0.5, 0.6) is 0 Å². The molecule has 1 aromatic rings. The fourth-order valence-corrected chi connectivity index (χ4v) is 1.95. The van der Waals surface area contributed by atoms with Crippen molar-refractivity contribution in [1.82, 2.24) is 9.55 Å². The van der Waals surface area contributed by atoms with E-state index in [1.807, 2.05) is 0 Å². The van der Waals surface area contributed by atoms with E-state index in [-0.39, 0.29) is 18.1 Å². The Bertz CT molecular complexity index is 466. The van der Waals surface area contributed by atoms with Gasteiger partial charge in [-0.2, -0.15) is 0 Å². The molecular weight excluding hydrogens is 214 g/mol. The number of rotatable bonds is 2. The molecule has 1 aliphatic heterocycles. The van der Waals surface area contributed by atoms with Gasteiger partial charge in [-0.25, -0.2) is 9.78 Å². The lowest BCUT2D eigenvalue weighted by Crippen LogP contribution is -2.28. The number of aryl methyl sites for hydroxylation is 1. The highest BCUT2D eigenvalue weighted by Crippen LogP contribution is 2.24. The van der Waals surface area contributed by atoms with Crippen molar-refractivity contribution in [3.05, 3.63) is 11.5 Å². The van der Waals surface area contributed by atoms with E-state index in [4.69, 9.17) is 15.9 Å². The molecule has 1 unspecified atom stereocenters. The zero-order valence-electron chi connectivity index (χ0n) is 8.38. The molecule has 1 aliphatic rings. The number of aromatic carboxylic acids is 1. The number of aliphatic carboxylic acids is 1. The van der Waals surface area contributed by atoms with E-state index in [0.717, 1.165) is 0 Å². The summed E-state index contributed by atoms with van der Waals surface area (Å²) in [6.07, 6.45) is 0.902. The Morgan fingerprint density at radius 3 is 2.69 bits per heavy atom. The molecular formula is C9H11N3O4. The van der Waals surface area contributed by atoms with Gasteiger partial charge in [0.2, 0.25) is 0 Å². The Hall–Kier alpha value is -2.05. The van der Waals surface area contributed by atoms with Gasteiger partial charge in [0.05, 0.1) is 5.92 Å². The van der Waals surface area contributed by atoms with Crippen LogP contribution in [-0.4, -0.2) is 31.7 Å². The van der Waals surface area contributed by atoms with Crippen molar-refractivity contribution in [3.63, 3.8) is 0 Å². The van der Waals surface area contributed by atoms with Gasteiger partial charge in [-0.05, 0) is 6.42 Å². The van der Waals surface area contributed by atoms with Crippen molar-refractivity contribution in [2.45, 2.75) is 19.4 Å². The van der Waals surface area contributed by atoms with Gasteiger partial charge in [0, 0.05) is 13.0 Å². The number of fused-ring (bicyclic) bond motifs is 1. The van der Waals surface area contributed by atoms with Crippen LogP contribution in [0.2, 0.25) is 0 Å². The third-order valence-corrected chi connectivity index (χ3v) is 2.74. The lowest BCUT2D eigenvalue weighted by Gasteiger charge is -2.20. The molecule has 0 fully saturated rings. The largest absolute Gasteiger partial charge is 0.481 e. The first kappa shape index (κ1) is 10.5. The van der Waals surface area contributed by atoms with E-state index in [1.54, 1.807) is 0 Å². The second kappa shape index (κ2) is 3.51. The molecule has 0 saturated carbocycles. The van der Waals surface area contributed by atoms with E-state index in [9.17, 15) is 9.59 Å². The fourth-order valence-electron chi connectivity index (χ4n) is 1.95. The molecule has 0 amide bonds. The van der Waals surface area contributed by atoms with Gasteiger partial charge in [0.1, 0.15) is 5.82 Å². The number of carboxylic acid groups (broad SMARTS) is 2. The minimum atomic E-state index is -1.18. The van der Waals surface area contributed by atoms with Crippen molar-refractivity contribution in [2.75, 3.05) is 5.73 Å². The Balaban J connectivity index is 2.42. The summed E-state index contributed by atoms with van der Waals surface area (Å²) in [5, 5.41) is 17.8. The maximum Gasteiger partial charge on any atom is 0.356 e. The molecule has 16 heavy (non-hydrogen) atoms. The van der Waals surface area contributed by atoms with Crippen LogP contribution in [0.25, 0.3) is 0 Å². The topological polar surface area (TPSA) is 118 Å². The summed E-state index contributed by atoms with van der Waals surface area (Å²) in [5.41, 5.74) is 5.37. The van der Waals surface area contributed by atoms with Crippen LogP contribution in [0.4, 0.5) is 5.82 Å². The van der Waals surface area contributed by atoms with Gasteiger partial charge in [0.25, 0.3) is 0 Å². The number of aromatic nitrogens is 2. The molecule has 7 heteroatoms. The summed E-state index contributed by atoms with van der Waals surface area (Å²) < 4.78 is 1.39. The van der Waals surface area contributed by atoms with Crippen molar-refractivity contribution >= 4 is 17.8 Å². The van der Waals surface area contributed by atoms with Gasteiger partial charge < -0.3 is 20.5 Å². The Morgan fingerprint density at radius 1 is 1.44 bits per heavy atom. The molecule has 0 aromatic carbocycles. The highest BCUT2D eigenvalue weighted by Gasteiger charge is 2.30. The van der Waals surface area contributed by atoms with Crippen molar-refractivity contribution in [1.29, 1.82) is 0 Å². The summed E-state index contributed by atoms with van der Waals surface area (Å²) in [4.78, 5) is 25.7. The zero-order valence-corrected chi connectivity index (χ0v) is 8.38. The number of nitrogens with zero attached hydrogens (tertiary/aromatic N) is 2. The van der Waals surface area contributed by atoms with E-state index < -0.39 is 17.9 Å². The first-order chi connectivity index (χ1) is 7.50. The molecule has 2 heterocycles. The number of carbonyl (C=O) groups is 2. The van der Waals surface area contributed by atoms with E-state index in [0.29, 0.717) is 18.7 Å². The van der Waals surface area contributed by atoms with Crippen LogP contribution in [0.15, 0.2) is 0 Å². The smallest absolute Gasteiger partial charge is 0.356 e. The van der Waals surface area contributed by atoms with Crippen molar-refractivity contribution in [2.24, 2.45) is 5.92 Å². The van der Waals surface area contributed by atoms with Crippen LogP contribution < -0.4 is 5.73 Å². The minimum Gasteiger partial charge on any atom is -0.481 e. The Kier molecular flexibility index (Phi) is 2.30. The standard InChI is InChI=1S/C9H11N3O4/c10-7-6(9(15)16)12-3-4(8(13)14)1-2-5(12)11-7/h4H,1-3,10H2,(H,13,14)(H,15,16). The van der Waals surface area contributed by atoms with Crippen molar-refractivity contribution < 1.29 is 19.8 Å². The molecule has 0 bridgehead atoms. The average molecular weight is 225 g/mol. The summed E-state index contributed by atoms with van der Waals surface area (Å²) >= 11 is 0. The average Bonchev–Trinajstić information content (AvgIpc) is 2.51. The fraction of sp³-hybridized carbons (Fsp3) is 0.444. The van der Waals surface area contributed by atoms with E-state index in [1.165, 1.54) is 4.57 Å². The highest BCUT2D eigenvalue weighted by molar-refractivity contribution is 5.91. The van der Waals surface area contributed by atoms with Gasteiger partial charge in [-0.15, -0.1) is 0 Å². The molecule has 0 spiro atoms. The Morgan fingerprint density at radius 2 is 2.12 bits per heavy atom. The summed E-state index contributed by atoms with van der Waals surface area (Å²) in [5.74, 6) is -2.17. The number of imidazole rings is 1. The van der Waals surface area contributed by atoms with E-state index >= 15 is 0 Å². The van der Waals surface area contributed by atoms with E-state index in [2.05, 4.69) is 4.98 Å². The third-order valence-electron chi connectivity index (χ3n) is 2.74. The maximum atomic E-state index is 10.9. The highest BCUT2D eigenvalue weighted by atomic mass is 16.4. The lowest BCUT2D eigenvalue weighted by molar-refractivity contribution is -0.142. The predicted molar refractivity (Wildman–Crippen MR) is 53.0 cm³/mol. The molecule has 1 atom stereocenters. The molecule has 86 valence electrons. The first-order valence-corrected chi connectivity index (χ1v) is 4.81. The van der Waals surface area contributed by atoms with Gasteiger partial charge in [-0.3, -0.25) is 4.79 Å². The summed E-state index contributed by atoms with van der Waals surface area (Å²) in [6.45, 7) is 0.122.